The molecule has 0 unspecified atom stereocenters. The fourth-order valence-electron chi connectivity index (χ4n) is 2.08. The Hall–Kier alpha value is -2.60. The van der Waals surface area contributed by atoms with E-state index in [4.69, 9.17) is 17.0 Å². The lowest BCUT2D eigenvalue weighted by molar-refractivity contribution is -0.123. The van der Waals surface area contributed by atoms with Gasteiger partial charge in [-0.15, -0.1) is 0 Å². The van der Waals surface area contributed by atoms with Crippen LogP contribution in [0.5, 0.6) is 5.75 Å². The van der Waals surface area contributed by atoms with Crippen LogP contribution >= 0.6 is 12.2 Å². The SMILES string of the molecule is CC(C)c1ccccc1OCC(=O)NNC(=S)Nc1ccccc1. The van der Waals surface area contributed by atoms with Crippen LogP contribution in [0.3, 0.4) is 0 Å². The van der Waals surface area contributed by atoms with Gasteiger partial charge in [0, 0.05) is 5.69 Å². The predicted octanol–water partition coefficient (Wildman–Crippen LogP) is 3.21. The van der Waals surface area contributed by atoms with E-state index in [0.29, 0.717) is 16.8 Å². The molecular formula is C18H21N3O2S. The van der Waals surface area contributed by atoms with Crippen molar-refractivity contribution in [1.29, 1.82) is 0 Å². The van der Waals surface area contributed by atoms with E-state index in [0.717, 1.165) is 11.3 Å². The number of hydrazine groups is 1. The maximum Gasteiger partial charge on any atom is 0.276 e. The summed E-state index contributed by atoms with van der Waals surface area (Å²) in [5, 5.41) is 3.26. The number of amides is 1. The van der Waals surface area contributed by atoms with E-state index in [9.17, 15) is 4.79 Å². The number of thiocarbonyl (C=S) groups is 1. The van der Waals surface area contributed by atoms with Crippen LogP contribution in [0.25, 0.3) is 0 Å². The molecule has 1 amide bonds. The van der Waals surface area contributed by atoms with Crippen molar-refractivity contribution in [2.75, 3.05) is 11.9 Å². The second-order valence-electron chi connectivity index (χ2n) is 5.47. The van der Waals surface area contributed by atoms with E-state index in [1.54, 1.807) is 0 Å². The molecule has 0 radical (unpaired) electrons. The highest BCUT2D eigenvalue weighted by molar-refractivity contribution is 7.80. The van der Waals surface area contributed by atoms with Crippen molar-refractivity contribution in [3.05, 3.63) is 60.2 Å². The minimum Gasteiger partial charge on any atom is -0.483 e. The molecule has 24 heavy (non-hydrogen) atoms. The number of para-hydroxylation sites is 2. The van der Waals surface area contributed by atoms with Crippen LogP contribution in [-0.4, -0.2) is 17.6 Å². The molecule has 0 saturated carbocycles. The van der Waals surface area contributed by atoms with Crippen molar-refractivity contribution in [3.8, 4) is 5.75 Å². The standard InChI is InChI=1S/C18H21N3O2S/c1-13(2)15-10-6-7-11-16(15)23-12-17(22)20-21-18(24)19-14-8-4-3-5-9-14/h3-11,13H,12H2,1-2H3,(H,20,22)(H2,19,21,24). The monoisotopic (exact) mass is 343 g/mol. The van der Waals surface area contributed by atoms with Gasteiger partial charge in [0.15, 0.2) is 11.7 Å². The summed E-state index contributed by atoms with van der Waals surface area (Å²) in [6.07, 6.45) is 0. The van der Waals surface area contributed by atoms with Crippen LogP contribution in [0, 0.1) is 0 Å². The number of ether oxygens (including phenoxy) is 1. The number of hydrogen-bond donors (Lipinski definition) is 3. The van der Waals surface area contributed by atoms with Gasteiger partial charge in [0.2, 0.25) is 0 Å². The van der Waals surface area contributed by atoms with Crippen molar-refractivity contribution in [2.45, 2.75) is 19.8 Å². The van der Waals surface area contributed by atoms with Gasteiger partial charge in [-0.1, -0.05) is 50.2 Å². The fraction of sp³-hybridized carbons (Fsp3) is 0.222. The molecular weight excluding hydrogens is 322 g/mol. The van der Waals surface area contributed by atoms with Crippen molar-refractivity contribution < 1.29 is 9.53 Å². The first kappa shape index (κ1) is 17.7. The van der Waals surface area contributed by atoms with Crippen molar-refractivity contribution >= 4 is 28.9 Å². The van der Waals surface area contributed by atoms with Gasteiger partial charge < -0.3 is 10.1 Å². The van der Waals surface area contributed by atoms with Crippen LogP contribution in [0.1, 0.15) is 25.3 Å². The first-order valence-corrected chi connectivity index (χ1v) is 8.09. The van der Waals surface area contributed by atoms with E-state index in [2.05, 4.69) is 30.0 Å². The summed E-state index contributed by atoms with van der Waals surface area (Å²) in [7, 11) is 0. The zero-order valence-electron chi connectivity index (χ0n) is 13.7. The highest BCUT2D eigenvalue weighted by atomic mass is 32.1. The largest absolute Gasteiger partial charge is 0.483 e. The average molecular weight is 343 g/mol. The number of hydrogen-bond acceptors (Lipinski definition) is 3. The number of nitrogens with one attached hydrogen (secondary N) is 3. The molecule has 0 spiro atoms. The third-order valence-corrected chi connectivity index (χ3v) is 3.45. The van der Waals surface area contributed by atoms with Crippen LogP contribution in [-0.2, 0) is 4.79 Å². The average Bonchev–Trinajstić information content (AvgIpc) is 2.59. The Morgan fingerprint density at radius 1 is 1.04 bits per heavy atom. The van der Waals surface area contributed by atoms with Crippen LogP contribution in [0.2, 0.25) is 0 Å². The van der Waals surface area contributed by atoms with E-state index in [1.807, 2.05) is 54.6 Å². The first-order valence-electron chi connectivity index (χ1n) is 7.69. The highest BCUT2D eigenvalue weighted by Gasteiger charge is 2.09. The van der Waals surface area contributed by atoms with Crippen LogP contribution < -0.4 is 20.9 Å². The topological polar surface area (TPSA) is 62.4 Å². The summed E-state index contributed by atoms with van der Waals surface area (Å²) in [5.41, 5.74) is 7.06. The van der Waals surface area contributed by atoms with Crippen molar-refractivity contribution in [2.24, 2.45) is 0 Å². The molecule has 6 heteroatoms. The molecule has 0 aliphatic heterocycles. The quantitative estimate of drug-likeness (QED) is 0.575. The van der Waals surface area contributed by atoms with Gasteiger partial charge in [0.1, 0.15) is 5.75 Å². The highest BCUT2D eigenvalue weighted by Crippen LogP contribution is 2.25. The number of carbonyl (C=O) groups is 1. The molecule has 0 bridgehead atoms. The molecule has 5 nitrogen and oxygen atoms in total. The molecule has 0 aromatic heterocycles. The molecule has 0 heterocycles. The normalized spacial score (nSPS) is 10.1. The van der Waals surface area contributed by atoms with Crippen molar-refractivity contribution in [1.82, 2.24) is 10.9 Å². The van der Waals surface area contributed by atoms with E-state index in [1.165, 1.54) is 0 Å². The number of anilines is 1. The fourth-order valence-corrected chi connectivity index (χ4v) is 2.25. The van der Waals surface area contributed by atoms with E-state index >= 15 is 0 Å². The number of carbonyl (C=O) groups excluding carboxylic acids is 1. The molecule has 126 valence electrons. The lowest BCUT2D eigenvalue weighted by atomic mass is 10.0. The summed E-state index contributed by atoms with van der Waals surface area (Å²) in [6.45, 7) is 4.07. The van der Waals surface area contributed by atoms with Gasteiger partial charge in [0.05, 0.1) is 0 Å². The van der Waals surface area contributed by atoms with E-state index < -0.39 is 0 Å². The Kier molecular flexibility index (Phi) is 6.57. The predicted molar refractivity (Wildman–Crippen MR) is 100.0 cm³/mol. The molecule has 0 aliphatic carbocycles. The second-order valence-corrected chi connectivity index (χ2v) is 5.88. The Bertz CT molecular complexity index is 690. The molecule has 0 saturated heterocycles. The maximum absolute atomic E-state index is 11.9. The molecule has 3 N–H and O–H groups in total. The van der Waals surface area contributed by atoms with Gasteiger partial charge in [-0.3, -0.25) is 15.6 Å². The Labute approximate surface area is 147 Å². The van der Waals surface area contributed by atoms with Gasteiger partial charge in [-0.25, -0.2) is 0 Å². The van der Waals surface area contributed by atoms with Gasteiger partial charge in [0.25, 0.3) is 5.91 Å². The Morgan fingerprint density at radius 2 is 1.71 bits per heavy atom. The summed E-state index contributed by atoms with van der Waals surface area (Å²) >= 11 is 5.11. The molecule has 2 aromatic rings. The molecule has 0 aliphatic rings. The Balaban J connectivity index is 1.77. The summed E-state index contributed by atoms with van der Waals surface area (Å²) in [6, 6.07) is 17.1. The second kappa shape index (κ2) is 8.88. The zero-order valence-corrected chi connectivity index (χ0v) is 14.5. The van der Waals surface area contributed by atoms with Crippen LogP contribution in [0.15, 0.2) is 54.6 Å². The third kappa shape index (κ3) is 5.55. The van der Waals surface area contributed by atoms with Crippen molar-refractivity contribution in [3.63, 3.8) is 0 Å². The van der Waals surface area contributed by atoms with Gasteiger partial charge in [-0.05, 0) is 41.9 Å². The zero-order chi connectivity index (χ0) is 17.4. The smallest absolute Gasteiger partial charge is 0.276 e. The molecule has 2 rings (SSSR count). The van der Waals surface area contributed by atoms with Crippen LogP contribution in [0.4, 0.5) is 5.69 Å². The molecule has 2 aromatic carbocycles. The summed E-state index contributed by atoms with van der Waals surface area (Å²) in [4.78, 5) is 11.9. The molecule has 0 fully saturated rings. The third-order valence-electron chi connectivity index (χ3n) is 3.25. The summed E-state index contributed by atoms with van der Waals surface area (Å²) < 4.78 is 5.60. The lowest BCUT2D eigenvalue weighted by Crippen LogP contribution is -2.45. The first-order chi connectivity index (χ1) is 11.6. The lowest BCUT2D eigenvalue weighted by Gasteiger charge is -2.14. The minimum atomic E-state index is -0.314. The maximum atomic E-state index is 11.9. The minimum absolute atomic E-state index is 0.0926. The van der Waals surface area contributed by atoms with Gasteiger partial charge in [-0.2, -0.15) is 0 Å². The number of benzene rings is 2. The van der Waals surface area contributed by atoms with E-state index in [-0.39, 0.29) is 12.5 Å². The Morgan fingerprint density at radius 3 is 2.42 bits per heavy atom. The molecule has 0 atom stereocenters. The summed E-state index contributed by atoms with van der Waals surface area (Å²) in [5.74, 6) is 0.725. The van der Waals surface area contributed by atoms with Gasteiger partial charge >= 0.3 is 0 Å². The number of rotatable bonds is 5.